The molecule has 1 unspecified atom stereocenters. The summed E-state index contributed by atoms with van der Waals surface area (Å²) in [4.78, 5) is 23.9. The van der Waals surface area contributed by atoms with E-state index in [1.807, 2.05) is 32.9 Å². The molecule has 0 N–H and O–H groups in total. The highest BCUT2D eigenvalue weighted by Gasteiger charge is 2.28. The zero-order chi connectivity index (χ0) is 17.0. The first-order valence-corrected chi connectivity index (χ1v) is 7.65. The molecular formula is C17H22N2O4. The van der Waals surface area contributed by atoms with Crippen molar-refractivity contribution in [1.82, 2.24) is 4.90 Å². The molecule has 124 valence electrons. The Kier molecular flexibility index (Phi) is 5.03. The third-order valence-electron chi connectivity index (χ3n) is 3.54. The zero-order valence-electron chi connectivity index (χ0n) is 13.7. The molecule has 1 aliphatic rings. The third-order valence-corrected chi connectivity index (χ3v) is 3.54. The number of carbonyl (C=O) groups is 1. The van der Waals surface area contributed by atoms with Crippen LogP contribution in [0.3, 0.4) is 0 Å². The second-order valence-corrected chi connectivity index (χ2v) is 6.68. The lowest BCUT2D eigenvalue weighted by Crippen LogP contribution is -2.35. The minimum Gasteiger partial charge on any atom is -0.444 e. The van der Waals surface area contributed by atoms with Gasteiger partial charge < -0.3 is 9.64 Å². The summed E-state index contributed by atoms with van der Waals surface area (Å²) >= 11 is 0. The van der Waals surface area contributed by atoms with E-state index >= 15 is 0 Å². The van der Waals surface area contributed by atoms with Gasteiger partial charge in [0.05, 0.1) is 4.92 Å². The van der Waals surface area contributed by atoms with Gasteiger partial charge in [0, 0.05) is 25.2 Å². The van der Waals surface area contributed by atoms with Crippen molar-refractivity contribution in [3.8, 4) is 0 Å². The fourth-order valence-corrected chi connectivity index (χ4v) is 2.39. The number of rotatable bonds is 3. The Bertz CT molecular complexity index is 602. The van der Waals surface area contributed by atoms with Crippen LogP contribution in [0.25, 0.3) is 6.08 Å². The molecular weight excluding hydrogens is 296 g/mol. The molecule has 1 fully saturated rings. The van der Waals surface area contributed by atoms with Crippen molar-refractivity contribution in [2.75, 3.05) is 13.1 Å². The molecule has 0 spiro atoms. The van der Waals surface area contributed by atoms with Gasteiger partial charge in [-0.15, -0.1) is 0 Å². The summed E-state index contributed by atoms with van der Waals surface area (Å²) in [5, 5.41) is 10.6. The third kappa shape index (κ3) is 5.09. The van der Waals surface area contributed by atoms with Crippen molar-refractivity contribution in [3.63, 3.8) is 0 Å². The molecule has 1 saturated heterocycles. The maximum atomic E-state index is 12.0. The first-order chi connectivity index (χ1) is 10.7. The molecule has 0 saturated carbocycles. The summed E-state index contributed by atoms with van der Waals surface area (Å²) in [5.74, 6) is 0.276. The molecule has 0 radical (unpaired) electrons. The van der Waals surface area contributed by atoms with Gasteiger partial charge in [-0.05, 0) is 50.8 Å². The van der Waals surface area contributed by atoms with Crippen LogP contribution in [0.4, 0.5) is 10.5 Å². The molecule has 1 atom stereocenters. The van der Waals surface area contributed by atoms with Crippen molar-refractivity contribution in [2.45, 2.75) is 32.8 Å². The summed E-state index contributed by atoms with van der Waals surface area (Å²) in [7, 11) is 0. The average molecular weight is 318 g/mol. The summed E-state index contributed by atoms with van der Waals surface area (Å²) in [6.07, 6.45) is 4.60. The van der Waals surface area contributed by atoms with E-state index < -0.39 is 10.5 Å². The van der Waals surface area contributed by atoms with Crippen LogP contribution in [0.5, 0.6) is 0 Å². The molecule has 6 nitrogen and oxygen atoms in total. The first-order valence-electron chi connectivity index (χ1n) is 7.65. The lowest BCUT2D eigenvalue weighted by atomic mass is 10.1. The van der Waals surface area contributed by atoms with E-state index in [-0.39, 0.29) is 17.7 Å². The van der Waals surface area contributed by atoms with Gasteiger partial charge in [0.2, 0.25) is 0 Å². The topological polar surface area (TPSA) is 72.7 Å². The molecule has 1 aliphatic heterocycles. The van der Waals surface area contributed by atoms with Gasteiger partial charge in [-0.25, -0.2) is 4.79 Å². The molecule has 0 aromatic heterocycles. The van der Waals surface area contributed by atoms with Gasteiger partial charge >= 0.3 is 6.09 Å². The fraction of sp³-hybridized carbons (Fsp3) is 0.471. The number of ether oxygens (including phenoxy) is 1. The predicted molar refractivity (Wildman–Crippen MR) is 88.0 cm³/mol. The normalized spacial score (nSPS) is 18.4. The van der Waals surface area contributed by atoms with Crippen molar-refractivity contribution < 1.29 is 14.5 Å². The van der Waals surface area contributed by atoms with E-state index in [0.717, 1.165) is 12.0 Å². The van der Waals surface area contributed by atoms with Crippen LogP contribution in [0.15, 0.2) is 30.3 Å². The Balaban J connectivity index is 1.89. The number of amides is 1. The standard InChI is InChI=1S/C17H22N2O4/c1-17(2,3)23-16(20)18-11-10-14(12-18)5-4-13-6-8-15(9-7-13)19(21)22/h4-9,14H,10-12H2,1-3H3. The van der Waals surface area contributed by atoms with E-state index in [2.05, 4.69) is 0 Å². The number of carbonyl (C=O) groups excluding carboxylic acids is 1. The van der Waals surface area contributed by atoms with Crippen LogP contribution in [-0.2, 0) is 4.74 Å². The number of nitro benzene ring substituents is 1. The highest BCUT2D eigenvalue weighted by atomic mass is 16.6. The number of non-ortho nitro benzene ring substituents is 1. The number of hydrogen-bond acceptors (Lipinski definition) is 4. The van der Waals surface area contributed by atoms with Crippen LogP contribution >= 0.6 is 0 Å². The smallest absolute Gasteiger partial charge is 0.410 e. The summed E-state index contributed by atoms with van der Waals surface area (Å²) in [5.41, 5.74) is 0.509. The Morgan fingerprint density at radius 2 is 2.00 bits per heavy atom. The van der Waals surface area contributed by atoms with Gasteiger partial charge in [0.15, 0.2) is 0 Å². The van der Waals surface area contributed by atoms with Crippen LogP contribution < -0.4 is 0 Å². The number of likely N-dealkylation sites (tertiary alicyclic amines) is 1. The maximum Gasteiger partial charge on any atom is 0.410 e. The number of hydrogen-bond donors (Lipinski definition) is 0. The Labute approximate surface area is 135 Å². The molecule has 1 aromatic rings. The van der Waals surface area contributed by atoms with E-state index in [9.17, 15) is 14.9 Å². The molecule has 23 heavy (non-hydrogen) atoms. The summed E-state index contributed by atoms with van der Waals surface area (Å²) in [6.45, 7) is 6.88. The molecule has 0 bridgehead atoms. The largest absolute Gasteiger partial charge is 0.444 e. The lowest BCUT2D eigenvalue weighted by molar-refractivity contribution is -0.384. The second kappa shape index (κ2) is 6.81. The monoisotopic (exact) mass is 318 g/mol. The SMILES string of the molecule is CC(C)(C)OC(=O)N1CCC(C=Cc2ccc([N+](=O)[O-])cc2)C1. The van der Waals surface area contributed by atoms with Gasteiger partial charge in [0.1, 0.15) is 5.60 Å². The minimum atomic E-state index is -0.482. The number of nitrogens with zero attached hydrogens (tertiary/aromatic N) is 2. The van der Waals surface area contributed by atoms with Gasteiger partial charge in [-0.1, -0.05) is 12.2 Å². The molecule has 1 aromatic carbocycles. The number of benzene rings is 1. The lowest BCUT2D eigenvalue weighted by Gasteiger charge is -2.24. The average Bonchev–Trinajstić information content (AvgIpc) is 2.93. The fourth-order valence-electron chi connectivity index (χ4n) is 2.39. The van der Waals surface area contributed by atoms with Gasteiger partial charge in [-0.3, -0.25) is 10.1 Å². The Morgan fingerprint density at radius 3 is 2.57 bits per heavy atom. The predicted octanol–water partition coefficient (Wildman–Crippen LogP) is 3.87. The van der Waals surface area contributed by atoms with E-state index in [1.54, 1.807) is 17.0 Å². The Morgan fingerprint density at radius 1 is 1.35 bits per heavy atom. The molecule has 0 aliphatic carbocycles. The number of nitro groups is 1. The highest BCUT2D eigenvalue weighted by Crippen LogP contribution is 2.22. The van der Waals surface area contributed by atoms with Crippen molar-refractivity contribution in [1.29, 1.82) is 0 Å². The van der Waals surface area contributed by atoms with Crippen molar-refractivity contribution in [3.05, 3.63) is 46.0 Å². The quantitative estimate of drug-likeness (QED) is 0.626. The van der Waals surface area contributed by atoms with Crippen molar-refractivity contribution >= 4 is 17.9 Å². The van der Waals surface area contributed by atoms with Crippen molar-refractivity contribution in [2.24, 2.45) is 5.92 Å². The second-order valence-electron chi connectivity index (χ2n) is 6.68. The zero-order valence-corrected chi connectivity index (χ0v) is 13.7. The van der Waals surface area contributed by atoms with E-state index in [1.165, 1.54) is 12.1 Å². The summed E-state index contributed by atoms with van der Waals surface area (Å²) in [6, 6.07) is 6.41. The van der Waals surface area contributed by atoms with Crippen LogP contribution in [0.1, 0.15) is 32.8 Å². The van der Waals surface area contributed by atoms with Gasteiger partial charge in [0.25, 0.3) is 5.69 Å². The maximum absolute atomic E-state index is 12.0. The molecule has 1 amide bonds. The minimum absolute atomic E-state index is 0.0825. The Hall–Kier alpha value is -2.37. The van der Waals surface area contributed by atoms with Crippen LogP contribution in [-0.4, -0.2) is 34.6 Å². The van der Waals surface area contributed by atoms with E-state index in [4.69, 9.17) is 4.74 Å². The van der Waals surface area contributed by atoms with Crippen LogP contribution in [0, 0.1) is 16.0 Å². The van der Waals surface area contributed by atoms with Crippen LogP contribution in [0.2, 0.25) is 0 Å². The molecule has 1 heterocycles. The van der Waals surface area contributed by atoms with Gasteiger partial charge in [-0.2, -0.15) is 0 Å². The van der Waals surface area contributed by atoms with E-state index in [0.29, 0.717) is 13.1 Å². The summed E-state index contributed by atoms with van der Waals surface area (Å²) < 4.78 is 5.37. The molecule has 6 heteroatoms. The molecule has 2 rings (SSSR count). The highest BCUT2D eigenvalue weighted by molar-refractivity contribution is 5.68. The first kappa shape index (κ1) is 17.0.